The second kappa shape index (κ2) is 1.94. The summed E-state index contributed by atoms with van der Waals surface area (Å²) in [4.78, 5) is 0. The van der Waals surface area contributed by atoms with E-state index in [1.54, 1.807) is 0 Å². The highest BCUT2D eigenvalue weighted by molar-refractivity contribution is 4.92. The molecule has 1 N–H and O–H groups in total. The first-order valence-electron chi connectivity index (χ1n) is 3.28. The van der Waals surface area contributed by atoms with E-state index in [1.165, 1.54) is 0 Å². The monoisotopic (exact) mass is 129 g/mol. The van der Waals surface area contributed by atoms with Crippen LogP contribution in [-0.2, 0) is 9.47 Å². The summed E-state index contributed by atoms with van der Waals surface area (Å²) >= 11 is 0. The van der Waals surface area contributed by atoms with Crippen LogP contribution < -0.4 is 5.32 Å². The number of hydrogen-bond acceptors (Lipinski definition) is 3. The normalized spacial score (nSPS) is 32.0. The summed E-state index contributed by atoms with van der Waals surface area (Å²) < 4.78 is 10.3. The minimum atomic E-state index is 0.345. The van der Waals surface area contributed by atoms with Crippen molar-refractivity contribution < 1.29 is 9.47 Å². The van der Waals surface area contributed by atoms with Gasteiger partial charge < -0.3 is 14.8 Å². The number of nitrogens with one attached hydrogen (secondary N) is 1. The van der Waals surface area contributed by atoms with Gasteiger partial charge in [-0.1, -0.05) is 0 Å². The van der Waals surface area contributed by atoms with Crippen molar-refractivity contribution in [1.82, 2.24) is 5.32 Å². The van der Waals surface area contributed by atoms with Crippen LogP contribution in [0.1, 0.15) is 0 Å². The molecular weight excluding hydrogens is 118 g/mol. The van der Waals surface area contributed by atoms with Crippen molar-refractivity contribution in [3.05, 3.63) is 0 Å². The molecule has 0 amide bonds. The summed E-state index contributed by atoms with van der Waals surface area (Å²) in [5.74, 6) is 0. The summed E-state index contributed by atoms with van der Waals surface area (Å²) in [6.07, 6.45) is 0. The molecule has 0 aliphatic carbocycles. The molecule has 52 valence electrons. The molecule has 0 radical (unpaired) electrons. The van der Waals surface area contributed by atoms with Gasteiger partial charge in [-0.2, -0.15) is 0 Å². The Kier molecular flexibility index (Phi) is 1.22. The van der Waals surface area contributed by atoms with Gasteiger partial charge in [0, 0.05) is 18.5 Å². The molecule has 2 rings (SSSR count). The molecule has 2 saturated heterocycles. The van der Waals surface area contributed by atoms with Gasteiger partial charge in [-0.25, -0.2) is 0 Å². The van der Waals surface area contributed by atoms with Gasteiger partial charge >= 0.3 is 0 Å². The van der Waals surface area contributed by atoms with Crippen LogP contribution in [0.5, 0.6) is 0 Å². The lowest BCUT2D eigenvalue weighted by molar-refractivity contribution is -0.178. The third-order valence-corrected chi connectivity index (χ3v) is 1.98. The maximum absolute atomic E-state index is 5.16. The third-order valence-electron chi connectivity index (χ3n) is 1.98. The van der Waals surface area contributed by atoms with Crippen LogP contribution in [0.3, 0.4) is 0 Å². The van der Waals surface area contributed by atoms with Gasteiger partial charge in [0.15, 0.2) is 0 Å². The molecule has 2 fully saturated rings. The highest BCUT2D eigenvalue weighted by atomic mass is 16.7. The molecule has 0 aromatic rings. The maximum Gasteiger partial charge on any atom is 0.146 e. The molecule has 3 nitrogen and oxygen atoms in total. The van der Waals surface area contributed by atoms with Gasteiger partial charge in [0.1, 0.15) is 6.79 Å². The van der Waals surface area contributed by atoms with E-state index >= 15 is 0 Å². The molecule has 0 aromatic carbocycles. The van der Waals surface area contributed by atoms with E-state index in [1.807, 2.05) is 0 Å². The van der Waals surface area contributed by atoms with Crippen LogP contribution in [-0.4, -0.2) is 33.1 Å². The topological polar surface area (TPSA) is 30.5 Å². The Morgan fingerprint density at radius 1 is 1.11 bits per heavy atom. The fraction of sp³-hybridized carbons (Fsp3) is 1.00. The lowest BCUT2D eigenvalue weighted by atomic mass is 9.83. The Labute approximate surface area is 54.3 Å². The molecule has 2 aliphatic heterocycles. The predicted molar refractivity (Wildman–Crippen MR) is 32.1 cm³/mol. The smallest absolute Gasteiger partial charge is 0.146 e. The van der Waals surface area contributed by atoms with Crippen LogP contribution in [0.25, 0.3) is 0 Å². The van der Waals surface area contributed by atoms with E-state index < -0.39 is 0 Å². The molecular formula is C6H11NO2. The fourth-order valence-corrected chi connectivity index (χ4v) is 1.30. The van der Waals surface area contributed by atoms with E-state index in [4.69, 9.17) is 9.47 Å². The second-order valence-electron chi connectivity index (χ2n) is 2.92. The molecule has 0 aromatic heterocycles. The highest BCUT2D eigenvalue weighted by Gasteiger charge is 2.39. The predicted octanol–water partition coefficient (Wildman–Crippen LogP) is -0.420. The van der Waals surface area contributed by atoms with Gasteiger partial charge in [0.25, 0.3) is 0 Å². The summed E-state index contributed by atoms with van der Waals surface area (Å²) in [5.41, 5.74) is 0.345. The van der Waals surface area contributed by atoms with Gasteiger partial charge in [-0.15, -0.1) is 0 Å². The fourth-order valence-electron chi connectivity index (χ4n) is 1.30. The standard InChI is InChI=1S/C6H11NO2/c1-6(2-7-1)3-8-5-9-4-6/h7H,1-5H2. The van der Waals surface area contributed by atoms with E-state index in [0.29, 0.717) is 12.2 Å². The average Bonchev–Trinajstić information content (AvgIpc) is 1.87. The third kappa shape index (κ3) is 0.852. The molecule has 1 spiro atoms. The van der Waals surface area contributed by atoms with Gasteiger partial charge in [-0.3, -0.25) is 0 Å². The van der Waals surface area contributed by atoms with Crippen molar-refractivity contribution in [3.63, 3.8) is 0 Å². The van der Waals surface area contributed by atoms with Gasteiger partial charge in [0.05, 0.1) is 13.2 Å². The minimum absolute atomic E-state index is 0.345. The second-order valence-corrected chi connectivity index (χ2v) is 2.92. The zero-order chi connectivity index (χ0) is 6.16. The van der Waals surface area contributed by atoms with Crippen LogP contribution in [0.15, 0.2) is 0 Å². The Morgan fingerprint density at radius 3 is 2.11 bits per heavy atom. The average molecular weight is 129 g/mol. The van der Waals surface area contributed by atoms with Crippen molar-refractivity contribution in [3.8, 4) is 0 Å². The number of hydrogen-bond donors (Lipinski definition) is 1. The lowest BCUT2D eigenvalue weighted by Gasteiger charge is -2.44. The highest BCUT2D eigenvalue weighted by Crippen LogP contribution is 2.25. The SMILES string of the molecule is C1OCC2(CNC2)CO1. The number of rotatable bonds is 0. The van der Waals surface area contributed by atoms with E-state index in [9.17, 15) is 0 Å². The molecule has 3 heteroatoms. The molecule has 9 heavy (non-hydrogen) atoms. The summed E-state index contributed by atoms with van der Waals surface area (Å²) in [6, 6.07) is 0. The van der Waals surface area contributed by atoms with Crippen molar-refractivity contribution in [2.45, 2.75) is 0 Å². The number of ether oxygens (including phenoxy) is 2. The molecule has 2 aliphatic rings. The van der Waals surface area contributed by atoms with E-state index in [-0.39, 0.29) is 0 Å². The summed E-state index contributed by atoms with van der Waals surface area (Å²) in [5, 5.41) is 3.21. The molecule has 2 heterocycles. The van der Waals surface area contributed by atoms with Crippen LogP contribution in [0.2, 0.25) is 0 Å². The van der Waals surface area contributed by atoms with Crippen molar-refractivity contribution in [1.29, 1.82) is 0 Å². The zero-order valence-electron chi connectivity index (χ0n) is 5.35. The first-order chi connectivity index (χ1) is 4.41. The van der Waals surface area contributed by atoms with Crippen molar-refractivity contribution in [2.24, 2.45) is 5.41 Å². The van der Waals surface area contributed by atoms with E-state index in [2.05, 4.69) is 5.32 Å². The van der Waals surface area contributed by atoms with Crippen LogP contribution in [0.4, 0.5) is 0 Å². The van der Waals surface area contributed by atoms with Crippen LogP contribution in [0, 0.1) is 5.41 Å². The van der Waals surface area contributed by atoms with Crippen LogP contribution >= 0.6 is 0 Å². The Balaban J connectivity index is 1.93. The Bertz CT molecular complexity index is 104. The lowest BCUT2D eigenvalue weighted by Crippen LogP contribution is -2.60. The molecule has 0 saturated carbocycles. The first-order valence-corrected chi connectivity index (χ1v) is 3.28. The quantitative estimate of drug-likeness (QED) is 0.482. The molecule has 0 unspecified atom stereocenters. The van der Waals surface area contributed by atoms with Gasteiger partial charge in [0.2, 0.25) is 0 Å². The minimum Gasteiger partial charge on any atom is -0.355 e. The Hall–Kier alpha value is -0.120. The molecule has 0 bridgehead atoms. The summed E-state index contributed by atoms with van der Waals surface area (Å²) in [6.45, 7) is 4.36. The summed E-state index contributed by atoms with van der Waals surface area (Å²) in [7, 11) is 0. The van der Waals surface area contributed by atoms with Gasteiger partial charge in [-0.05, 0) is 0 Å². The Morgan fingerprint density at radius 2 is 1.78 bits per heavy atom. The molecule has 0 atom stereocenters. The van der Waals surface area contributed by atoms with E-state index in [0.717, 1.165) is 26.3 Å². The van der Waals surface area contributed by atoms with Crippen molar-refractivity contribution >= 4 is 0 Å². The largest absolute Gasteiger partial charge is 0.355 e. The first kappa shape index (κ1) is 5.65. The zero-order valence-corrected chi connectivity index (χ0v) is 5.35. The maximum atomic E-state index is 5.16. The van der Waals surface area contributed by atoms with Crippen molar-refractivity contribution in [2.75, 3.05) is 33.1 Å².